The second-order valence-corrected chi connectivity index (χ2v) is 6.67. The highest BCUT2D eigenvalue weighted by atomic mass is 35.5. The first-order valence-corrected chi connectivity index (χ1v) is 8.74. The van der Waals surface area contributed by atoms with Gasteiger partial charge in [-0.25, -0.2) is 9.98 Å². The van der Waals surface area contributed by atoms with E-state index in [0.717, 1.165) is 44.0 Å². The van der Waals surface area contributed by atoms with Crippen LogP contribution in [0.3, 0.4) is 0 Å². The Morgan fingerprint density at radius 3 is 3.00 bits per heavy atom. The predicted molar refractivity (Wildman–Crippen MR) is 95.8 cm³/mol. The zero-order valence-electron chi connectivity index (χ0n) is 13.8. The van der Waals surface area contributed by atoms with Crippen molar-refractivity contribution < 1.29 is 9.53 Å². The van der Waals surface area contributed by atoms with E-state index in [2.05, 4.69) is 16.9 Å². The minimum Gasteiger partial charge on any atom is -0.487 e. The monoisotopic (exact) mass is 344 g/mol. The maximum absolute atomic E-state index is 11.1. The summed E-state index contributed by atoms with van der Waals surface area (Å²) in [6.45, 7) is 2.62. The van der Waals surface area contributed by atoms with Gasteiger partial charge >= 0.3 is 0 Å². The summed E-state index contributed by atoms with van der Waals surface area (Å²) in [5.74, 6) is 0.930. The molecule has 1 atom stereocenters. The molecule has 3 rings (SSSR count). The molecule has 1 aromatic rings. The molecule has 2 heterocycles. The molecule has 0 aromatic carbocycles. The van der Waals surface area contributed by atoms with Gasteiger partial charge in [0.2, 0.25) is 0 Å². The number of carbonyl (C=O) groups excluding carboxylic acids is 1. The van der Waals surface area contributed by atoms with Crippen LogP contribution in [0, 0.1) is 5.92 Å². The fourth-order valence-electron chi connectivity index (χ4n) is 3.25. The minimum atomic E-state index is 0.337. The number of halogens is 1. The zero-order chi connectivity index (χ0) is 16.9. The summed E-state index contributed by atoms with van der Waals surface area (Å²) in [7, 11) is 0. The van der Waals surface area contributed by atoms with Gasteiger partial charge in [0.25, 0.3) is 0 Å². The lowest BCUT2D eigenvalue weighted by Crippen LogP contribution is -2.14. The summed E-state index contributed by atoms with van der Waals surface area (Å²) in [5.41, 5.74) is 4.06. The number of allylic oxidation sites excluding steroid dienone is 2. The Kier molecular flexibility index (Phi) is 5.46. The minimum absolute atomic E-state index is 0.337. The van der Waals surface area contributed by atoms with Gasteiger partial charge in [-0.1, -0.05) is 18.5 Å². The SMILES string of the molecule is CC1C=NC(Cl)=C(C2=C(COc3cccnc3C=O)CCCC2)C1. The molecule has 24 heavy (non-hydrogen) atoms. The van der Waals surface area contributed by atoms with Crippen molar-refractivity contribution in [1.29, 1.82) is 0 Å². The van der Waals surface area contributed by atoms with Crippen LogP contribution < -0.4 is 4.74 Å². The van der Waals surface area contributed by atoms with Crippen molar-refractivity contribution in [3.8, 4) is 5.75 Å². The van der Waals surface area contributed by atoms with E-state index in [1.807, 2.05) is 6.21 Å². The van der Waals surface area contributed by atoms with Crippen LogP contribution in [-0.4, -0.2) is 24.1 Å². The number of pyridine rings is 1. The predicted octanol–water partition coefficient (Wildman–Crippen LogP) is 4.70. The summed E-state index contributed by atoms with van der Waals surface area (Å²) in [6.07, 6.45) is 9.48. The summed E-state index contributed by atoms with van der Waals surface area (Å²) in [4.78, 5) is 19.4. The van der Waals surface area contributed by atoms with Crippen LogP contribution in [0.1, 0.15) is 49.5 Å². The Morgan fingerprint density at radius 2 is 2.17 bits per heavy atom. The lowest BCUT2D eigenvalue weighted by Gasteiger charge is -2.26. The third-order valence-corrected chi connectivity index (χ3v) is 4.80. The van der Waals surface area contributed by atoms with Gasteiger partial charge in [-0.15, -0.1) is 0 Å². The number of carbonyl (C=O) groups is 1. The lowest BCUT2D eigenvalue weighted by molar-refractivity contribution is 0.111. The van der Waals surface area contributed by atoms with Crippen molar-refractivity contribution in [3.05, 3.63) is 45.9 Å². The van der Waals surface area contributed by atoms with Crippen molar-refractivity contribution >= 4 is 24.1 Å². The molecule has 0 spiro atoms. The lowest BCUT2D eigenvalue weighted by atomic mass is 9.84. The van der Waals surface area contributed by atoms with Gasteiger partial charge in [-0.3, -0.25) is 4.79 Å². The standard InChI is InChI=1S/C19H21ClN2O2/c1-13-9-16(19(20)22-10-13)15-6-3-2-5-14(15)12-24-18-7-4-8-21-17(18)11-23/h4,7-8,10-11,13H,2-3,5-6,9,12H2,1H3. The van der Waals surface area contributed by atoms with Gasteiger partial charge in [-0.2, -0.15) is 0 Å². The second-order valence-electron chi connectivity index (χ2n) is 6.31. The molecular formula is C19H21ClN2O2. The highest BCUT2D eigenvalue weighted by molar-refractivity contribution is 6.30. The van der Waals surface area contributed by atoms with Crippen molar-refractivity contribution in [2.24, 2.45) is 10.9 Å². The third-order valence-electron chi connectivity index (χ3n) is 4.48. The summed E-state index contributed by atoms with van der Waals surface area (Å²) in [6, 6.07) is 3.55. The highest BCUT2D eigenvalue weighted by Crippen LogP contribution is 2.37. The number of aromatic nitrogens is 1. The second kappa shape index (κ2) is 7.75. The Hall–Kier alpha value is -1.94. The molecule has 4 nitrogen and oxygen atoms in total. The average Bonchev–Trinajstić information content (AvgIpc) is 2.62. The fraction of sp³-hybridized carbons (Fsp3) is 0.421. The highest BCUT2D eigenvalue weighted by Gasteiger charge is 2.22. The largest absolute Gasteiger partial charge is 0.487 e. The number of hydrogen-bond acceptors (Lipinski definition) is 4. The molecule has 126 valence electrons. The van der Waals surface area contributed by atoms with Gasteiger partial charge in [0.15, 0.2) is 6.29 Å². The van der Waals surface area contributed by atoms with Crippen LogP contribution in [0.15, 0.2) is 45.2 Å². The Bertz CT molecular complexity index is 722. The van der Waals surface area contributed by atoms with E-state index in [4.69, 9.17) is 16.3 Å². The average molecular weight is 345 g/mol. The number of ether oxygens (including phenoxy) is 1. The van der Waals surface area contributed by atoms with Crippen molar-refractivity contribution in [2.75, 3.05) is 6.61 Å². The quantitative estimate of drug-likeness (QED) is 0.574. The molecule has 0 fully saturated rings. The van der Waals surface area contributed by atoms with E-state index in [0.29, 0.717) is 29.1 Å². The molecule has 5 heteroatoms. The van der Waals surface area contributed by atoms with Gasteiger partial charge in [0, 0.05) is 12.4 Å². The summed E-state index contributed by atoms with van der Waals surface area (Å²) >= 11 is 6.36. The van der Waals surface area contributed by atoms with Gasteiger partial charge in [0.05, 0.1) is 0 Å². The molecule has 0 saturated carbocycles. The molecule has 0 radical (unpaired) electrons. The molecule has 1 unspecified atom stereocenters. The number of nitrogens with zero attached hydrogens (tertiary/aromatic N) is 2. The maximum Gasteiger partial charge on any atom is 0.172 e. The Morgan fingerprint density at radius 1 is 1.33 bits per heavy atom. The van der Waals surface area contributed by atoms with Crippen LogP contribution in [0.5, 0.6) is 5.75 Å². The maximum atomic E-state index is 11.1. The first-order valence-electron chi connectivity index (χ1n) is 8.36. The van der Waals surface area contributed by atoms with Crippen LogP contribution in [-0.2, 0) is 0 Å². The zero-order valence-corrected chi connectivity index (χ0v) is 14.6. The van der Waals surface area contributed by atoms with E-state index in [9.17, 15) is 4.79 Å². The molecule has 0 N–H and O–H groups in total. The molecule has 1 aliphatic carbocycles. The van der Waals surface area contributed by atoms with Crippen molar-refractivity contribution in [1.82, 2.24) is 4.98 Å². The van der Waals surface area contributed by atoms with Crippen molar-refractivity contribution in [3.63, 3.8) is 0 Å². The molecular weight excluding hydrogens is 324 g/mol. The van der Waals surface area contributed by atoms with E-state index in [1.165, 1.54) is 11.1 Å². The number of rotatable bonds is 5. The third kappa shape index (κ3) is 3.75. The van der Waals surface area contributed by atoms with Crippen LogP contribution in [0.4, 0.5) is 0 Å². The molecule has 0 saturated heterocycles. The van der Waals surface area contributed by atoms with E-state index >= 15 is 0 Å². The van der Waals surface area contributed by atoms with E-state index in [1.54, 1.807) is 18.3 Å². The van der Waals surface area contributed by atoms with Crippen LogP contribution in [0.2, 0.25) is 0 Å². The van der Waals surface area contributed by atoms with Crippen molar-refractivity contribution in [2.45, 2.75) is 39.0 Å². The van der Waals surface area contributed by atoms with Crippen LogP contribution >= 0.6 is 11.6 Å². The number of aldehydes is 1. The summed E-state index contributed by atoms with van der Waals surface area (Å²) in [5, 5.41) is 0.609. The first-order chi connectivity index (χ1) is 11.7. The Balaban J connectivity index is 1.85. The number of aliphatic imine (C=N–C) groups is 1. The van der Waals surface area contributed by atoms with Gasteiger partial charge in [-0.05, 0) is 66.9 Å². The molecule has 0 bridgehead atoms. The topological polar surface area (TPSA) is 51.6 Å². The molecule has 0 amide bonds. The fourth-order valence-corrected chi connectivity index (χ4v) is 3.49. The normalized spacial score (nSPS) is 21.2. The molecule has 1 aliphatic heterocycles. The smallest absolute Gasteiger partial charge is 0.172 e. The van der Waals surface area contributed by atoms with Gasteiger partial charge < -0.3 is 4.74 Å². The first kappa shape index (κ1) is 16.9. The summed E-state index contributed by atoms with van der Waals surface area (Å²) < 4.78 is 5.89. The van der Waals surface area contributed by atoms with Gasteiger partial charge in [0.1, 0.15) is 23.2 Å². The van der Waals surface area contributed by atoms with E-state index < -0.39 is 0 Å². The Labute approximate surface area is 147 Å². The number of hydrogen-bond donors (Lipinski definition) is 0. The van der Waals surface area contributed by atoms with Crippen LogP contribution in [0.25, 0.3) is 0 Å². The molecule has 1 aromatic heterocycles. The van der Waals surface area contributed by atoms with E-state index in [-0.39, 0.29) is 0 Å². The molecule has 2 aliphatic rings.